The predicted molar refractivity (Wildman–Crippen MR) is 44.5 cm³/mol. The standard InChI is InChI=1S/C9H10O3/c1-12-9(11)8(10)7-5-3-2-4-6-7/h2-6,8,10H,1H3/p+1/t8-/m1/s1. The van der Waals surface area contributed by atoms with Crippen LogP contribution in [0.1, 0.15) is 13.1 Å². The fraction of sp³-hybridized carbons (Fsp3) is 0.222. The molecule has 3 heteroatoms. The topological polar surface area (TPSA) is 46.5 Å². The number of aliphatic hydroxyl groups is 1. The maximum Gasteiger partial charge on any atom is 1.00 e. The summed E-state index contributed by atoms with van der Waals surface area (Å²) in [5, 5.41) is 9.31. The summed E-state index contributed by atoms with van der Waals surface area (Å²) in [6, 6.07) is 8.65. The number of carbonyl (C=O) groups is 1. The van der Waals surface area contributed by atoms with Gasteiger partial charge in [-0.05, 0) is 5.56 Å². The molecule has 3 nitrogen and oxygen atoms in total. The zero-order chi connectivity index (χ0) is 8.97. The Hall–Kier alpha value is -1.35. The second kappa shape index (κ2) is 3.88. The van der Waals surface area contributed by atoms with Gasteiger partial charge in [0.1, 0.15) is 0 Å². The van der Waals surface area contributed by atoms with E-state index in [-0.39, 0.29) is 1.43 Å². The minimum atomic E-state index is -1.17. The van der Waals surface area contributed by atoms with Crippen molar-refractivity contribution in [3.8, 4) is 0 Å². The van der Waals surface area contributed by atoms with Crippen LogP contribution in [0.5, 0.6) is 0 Å². The van der Waals surface area contributed by atoms with E-state index in [1.807, 2.05) is 6.07 Å². The fourth-order valence-electron chi connectivity index (χ4n) is 0.883. The van der Waals surface area contributed by atoms with Gasteiger partial charge in [-0.1, -0.05) is 30.3 Å². The SMILES string of the molecule is COC(=O)[C@H](O)c1ccccc1.[H+]. The van der Waals surface area contributed by atoms with Gasteiger partial charge in [0.2, 0.25) is 0 Å². The molecule has 0 fully saturated rings. The molecule has 0 aliphatic carbocycles. The van der Waals surface area contributed by atoms with Gasteiger partial charge in [-0.2, -0.15) is 0 Å². The number of ether oxygens (including phenoxy) is 1. The van der Waals surface area contributed by atoms with E-state index in [1.165, 1.54) is 7.11 Å². The molecule has 0 aromatic heterocycles. The van der Waals surface area contributed by atoms with Gasteiger partial charge >= 0.3 is 7.40 Å². The van der Waals surface area contributed by atoms with E-state index >= 15 is 0 Å². The van der Waals surface area contributed by atoms with Gasteiger partial charge in [-0.15, -0.1) is 0 Å². The van der Waals surface area contributed by atoms with Crippen molar-refractivity contribution in [3.63, 3.8) is 0 Å². The van der Waals surface area contributed by atoms with Crippen LogP contribution >= 0.6 is 0 Å². The minimum absolute atomic E-state index is 0. The molecule has 0 aliphatic rings. The monoisotopic (exact) mass is 167 g/mol. The number of carbonyl (C=O) groups excluding carboxylic acids is 1. The third kappa shape index (κ3) is 1.83. The molecule has 1 rings (SSSR count). The lowest BCUT2D eigenvalue weighted by Crippen LogP contribution is -2.13. The van der Waals surface area contributed by atoms with E-state index in [0.29, 0.717) is 5.56 Å². The molecule has 0 unspecified atom stereocenters. The quantitative estimate of drug-likeness (QED) is 0.668. The Balaban J connectivity index is 0.00000144. The largest absolute Gasteiger partial charge is 1.00 e. The zero-order valence-corrected chi connectivity index (χ0v) is 6.73. The minimum Gasteiger partial charge on any atom is -0.467 e. The maximum absolute atomic E-state index is 10.8. The van der Waals surface area contributed by atoms with Crippen molar-refractivity contribution in [2.45, 2.75) is 6.10 Å². The Morgan fingerprint density at radius 1 is 1.50 bits per heavy atom. The summed E-state index contributed by atoms with van der Waals surface area (Å²) in [5.41, 5.74) is 0.546. The van der Waals surface area contributed by atoms with Crippen LogP contribution in [0.3, 0.4) is 0 Å². The first kappa shape index (κ1) is 8.74. The number of hydrogen-bond acceptors (Lipinski definition) is 3. The predicted octanol–water partition coefficient (Wildman–Crippen LogP) is 1.01. The molecular weight excluding hydrogens is 156 g/mol. The summed E-state index contributed by atoms with van der Waals surface area (Å²) in [7, 11) is 1.24. The van der Waals surface area contributed by atoms with Gasteiger partial charge in [-0.3, -0.25) is 0 Å². The molecule has 0 radical (unpaired) electrons. The van der Waals surface area contributed by atoms with Crippen LogP contribution < -0.4 is 0 Å². The van der Waals surface area contributed by atoms with E-state index in [9.17, 15) is 9.90 Å². The maximum atomic E-state index is 10.8. The Labute approximate surface area is 72.1 Å². The molecule has 0 heterocycles. The van der Waals surface area contributed by atoms with Crippen LogP contribution in [0.25, 0.3) is 0 Å². The molecule has 0 aliphatic heterocycles. The summed E-state index contributed by atoms with van der Waals surface area (Å²) in [5.74, 6) is -0.638. The van der Waals surface area contributed by atoms with Crippen LogP contribution in [0.15, 0.2) is 30.3 Å². The molecule has 1 aromatic rings. The fourth-order valence-corrected chi connectivity index (χ4v) is 0.883. The summed E-state index contributed by atoms with van der Waals surface area (Å²) in [4.78, 5) is 10.8. The lowest BCUT2D eigenvalue weighted by molar-refractivity contribution is -0.150. The highest BCUT2D eigenvalue weighted by Crippen LogP contribution is 2.12. The van der Waals surface area contributed by atoms with Crippen LogP contribution in [0.2, 0.25) is 0 Å². The number of esters is 1. The van der Waals surface area contributed by atoms with Crippen LogP contribution in [0, 0.1) is 0 Å². The molecule has 0 amide bonds. The van der Waals surface area contributed by atoms with Crippen molar-refractivity contribution in [1.82, 2.24) is 0 Å². The smallest absolute Gasteiger partial charge is 0.467 e. The van der Waals surface area contributed by atoms with Crippen molar-refractivity contribution in [1.29, 1.82) is 0 Å². The summed E-state index contributed by atoms with van der Waals surface area (Å²) in [6.45, 7) is 0. The first-order valence-corrected chi connectivity index (χ1v) is 3.56. The lowest BCUT2D eigenvalue weighted by Gasteiger charge is -2.07. The number of methoxy groups -OCH3 is 1. The first-order chi connectivity index (χ1) is 5.75. The summed E-state index contributed by atoms with van der Waals surface area (Å²) < 4.78 is 4.38. The lowest BCUT2D eigenvalue weighted by atomic mass is 10.1. The van der Waals surface area contributed by atoms with E-state index in [1.54, 1.807) is 24.3 Å². The highest BCUT2D eigenvalue weighted by Gasteiger charge is 2.16. The van der Waals surface area contributed by atoms with Crippen LogP contribution in [-0.2, 0) is 9.53 Å². The normalized spacial score (nSPS) is 12.2. The van der Waals surface area contributed by atoms with Gasteiger partial charge in [0.05, 0.1) is 7.11 Å². The molecule has 0 saturated heterocycles. The molecule has 12 heavy (non-hydrogen) atoms. The molecule has 0 spiro atoms. The second-order valence-corrected chi connectivity index (χ2v) is 2.34. The molecule has 0 bridgehead atoms. The number of rotatable bonds is 2. The van der Waals surface area contributed by atoms with Gasteiger partial charge in [0, 0.05) is 0 Å². The highest BCUT2D eigenvalue weighted by atomic mass is 16.5. The molecule has 0 saturated carbocycles. The molecular formula is C9H11O3+. The van der Waals surface area contributed by atoms with Crippen LogP contribution in [0.4, 0.5) is 0 Å². The van der Waals surface area contributed by atoms with Crippen molar-refractivity contribution < 1.29 is 16.1 Å². The van der Waals surface area contributed by atoms with Gasteiger partial charge in [0.25, 0.3) is 0 Å². The van der Waals surface area contributed by atoms with Crippen LogP contribution in [-0.4, -0.2) is 18.2 Å². The number of aliphatic hydroxyl groups excluding tert-OH is 1. The third-order valence-electron chi connectivity index (χ3n) is 1.54. The number of benzene rings is 1. The van der Waals surface area contributed by atoms with Gasteiger partial charge < -0.3 is 9.84 Å². The average Bonchev–Trinajstić information content (AvgIpc) is 2.17. The van der Waals surface area contributed by atoms with Gasteiger partial charge in [0.15, 0.2) is 6.10 Å². The van der Waals surface area contributed by atoms with E-state index < -0.39 is 12.1 Å². The van der Waals surface area contributed by atoms with E-state index in [0.717, 1.165) is 0 Å². The Bertz CT molecular complexity index is 261. The average molecular weight is 167 g/mol. The molecule has 1 atom stereocenters. The van der Waals surface area contributed by atoms with Crippen molar-refractivity contribution >= 4 is 5.97 Å². The highest BCUT2D eigenvalue weighted by molar-refractivity contribution is 5.75. The van der Waals surface area contributed by atoms with Gasteiger partial charge in [-0.25, -0.2) is 4.79 Å². The summed E-state index contributed by atoms with van der Waals surface area (Å²) >= 11 is 0. The second-order valence-electron chi connectivity index (χ2n) is 2.34. The summed E-state index contributed by atoms with van der Waals surface area (Å²) in [6.07, 6.45) is -1.17. The Kier molecular flexibility index (Phi) is 2.82. The zero-order valence-electron chi connectivity index (χ0n) is 7.73. The first-order valence-electron chi connectivity index (χ1n) is 3.56. The third-order valence-corrected chi connectivity index (χ3v) is 1.54. The molecule has 1 N–H and O–H groups in total. The Morgan fingerprint density at radius 3 is 2.58 bits per heavy atom. The van der Waals surface area contributed by atoms with E-state index in [2.05, 4.69) is 4.74 Å². The molecule has 1 aromatic carbocycles. The van der Waals surface area contributed by atoms with E-state index in [4.69, 9.17) is 0 Å². The molecule has 64 valence electrons. The number of hydrogen-bond donors (Lipinski definition) is 1. The van der Waals surface area contributed by atoms with Crippen molar-refractivity contribution in [2.24, 2.45) is 0 Å². The Morgan fingerprint density at radius 2 is 2.08 bits per heavy atom. The van der Waals surface area contributed by atoms with Crippen molar-refractivity contribution in [3.05, 3.63) is 35.9 Å². The van der Waals surface area contributed by atoms with Crippen molar-refractivity contribution in [2.75, 3.05) is 7.11 Å².